The molecule has 0 radical (unpaired) electrons. The highest BCUT2D eigenvalue weighted by Crippen LogP contribution is 2.31. The minimum atomic E-state index is 0.416. The number of nitrogen functional groups attached to an aromatic ring is 1. The Morgan fingerprint density at radius 3 is 2.93 bits per heavy atom. The molecule has 4 nitrogen and oxygen atoms in total. The maximum Gasteiger partial charge on any atom is 0.238 e. The number of hydrogen-bond acceptors (Lipinski definition) is 3. The normalized spacial score (nSPS) is 10.3. The minimum absolute atomic E-state index is 0.416. The zero-order valence-corrected chi connectivity index (χ0v) is 8.88. The molecule has 1 aromatic heterocycles. The second kappa shape index (κ2) is 3.82. The smallest absolute Gasteiger partial charge is 0.238 e. The van der Waals surface area contributed by atoms with Crippen LogP contribution in [0.4, 0.5) is 5.69 Å². The Balaban J connectivity index is 2.28. The second-order valence-electron chi connectivity index (χ2n) is 3.14. The molecule has 0 amide bonds. The van der Waals surface area contributed by atoms with Crippen LogP contribution in [0.5, 0.6) is 11.6 Å². The van der Waals surface area contributed by atoms with E-state index in [2.05, 4.69) is 10.2 Å². The van der Waals surface area contributed by atoms with E-state index >= 15 is 0 Å². The fourth-order valence-corrected chi connectivity index (χ4v) is 1.33. The molecule has 15 heavy (non-hydrogen) atoms. The molecule has 0 saturated carbocycles. The number of benzene rings is 1. The van der Waals surface area contributed by atoms with Crippen molar-refractivity contribution in [1.82, 2.24) is 10.2 Å². The number of aromatic amines is 1. The molecule has 5 heteroatoms. The number of para-hydroxylation sites is 1. The fraction of sp³-hybridized carbons (Fsp3) is 0.100. The Hall–Kier alpha value is -1.68. The number of halogens is 1. The number of anilines is 1. The Bertz CT molecular complexity index is 481. The van der Waals surface area contributed by atoms with E-state index in [1.54, 1.807) is 24.3 Å². The predicted molar refractivity (Wildman–Crippen MR) is 59.3 cm³/mol. The molecule has 2 rings (SSSR count). The predicted octanol–water partition coefficient (Wildman–Crippen LogP) is 2.75. The van der Waals surface area contributed by atoms with Crippen LogP contribution in [0.1, 0.15) is 5.69 Å². The Morgan fingerprint density at radius 1 is 1.47 bits per heavy atom. The van der Waals surface area contributed by atoms with Gasteiger partial charge in [0, 0.05) is 11.8 Å². The third-order valence-corrected chi connectivity index (χ3v) is 2.24. The number of nitrogens with zero attached hydrogens (tertiary/aromatic N) is 1. The average molecular weight is 224 g/mol. The van der Waals surface area contributed by atoms with Crippen molar-refractivity contribution in [3.8, 4) is 11.6 Å². The molecule has 2 aromatic rings. The first kappa shape index (κ1) is 9.86. The minimum Gasteiger partial charge on any atom is -0.435 e. The lowest BCUT2D eigenvalue weighted by Gasteiger charge is -2.06. The summed E-state index contributed by atoms with van der Waals surface area (Å²) in [6.07, 6.45) is 0. The molecule has 78 valence electrons. The number of aromatic nitrogens is 2. The molecule has 1 aromatic carbocycles. The molecule has 0 aliphatic rings. The molecule has 0 spiro atoms. The molecular formula is C10H10ClN3O. The van der Waals surface area contributed by atoms with Crippen molar-refractivity contribution in [1.29, 1.82) is 0 Å². The topological polar surface area (TPSA) is 63.9 Å². The highest BCUT2D eigenvalue weighted by atomic mass is 35.5. The van der Waals surface area contributed by atoms with Crippen molar-refractivity contribution in [2.45, 2.75) is 6.92 Å². The van der Waals surface area contributed by atoms with Gasteiger partial charge in [0.15, 0.2) is 5.75 Å². The Morgan fingerprint density at radius 2 is 2.27 bits per heavy atom. The van der Waals surface area contributed by atoms with Crippen molar-refractivity contribution >= 4 is 17.3 Å². The molecule has 3 N–H and O–H groups in total. The summed E-state index contributed by atoms with van der Waals surface area (Å²) in [5.41, 5.74) is 7.08. The molecule has 0 aliphatic heterocycles. The zero-order chi connectivity index (χ0) is 10.8. The first-order valence-electron chi connectivity index (χ1n) is 4.40. The summed E-state index contributed by atoms with van der Waals surface area (Å²) in [5.74, 6) is 0.982. The number of rotatable bonds is 2. The van der Waals surface area contributed by atoms with Crippen LogP contribution in [0.15, 0.2) is 24.3 Å². The van der Waals surface area contributed by atoms with Gasteiger partial charge in [0.1, 0.15) is 0 Å². The van der Waals surface area contributed by atoms with Crippen LogP contribution >= 0.6 is 11.6 Å². The van der Waals surface area contributed by atoms with Crippen molar-refractivity contribution in [2.75, 3.05) is 5.73 Å². The number of nitrogens with one attached hydrogen (secondary N) is 1. The SMILES string of the molecule is Cc1cc(Oc2cccc(Cl)c2N)n[nH]1. The average Bonchev–Trinajstić information content (AvgIpc) is 2.59. The van der Waals surface area contributed by atoms with Crippen LogP contribution in [-0.2, 0) is 0 Å². The van der Waals surface area contributed by atoms with E-state index in [0.29, 0.717) is 22.3 Å². The number of ether oxygens (including phenoxy) is 1. The van der Waals surface area contributed by atoms with Crippen molar-refractivity contribution in [3.63, 3.8) is 0 Å². The zero-order valence-electron chi connectivity index (χ0n) is 8.12. The van der Waals surface area contributed by atoms with Gasteiger partial charge in [-0.25, -0.2) is 0 Å². The summed E-state index contributed by atoms with van der Waals surface area (Å²) in [7, 11) is 0. The highest BCUT2D eigenvalue weighted by Gasteiger charge is 2.06. The molecule has 1 heterocycles. The maximum absolute atomic E-state index is 5.85. The van der Waals surface area contributed by atoms with Crippen molar-refractivity contribution in [2.24, 2.45) is 0 Å². The lowest BCUT2D eigenvalue weighted by molar-refractivity contribution is 0.464. The highest BCUT2D eigenvalue weighted by molar-refractivity contribution is 6.33. The van der Waals surface area contributed by atoms with Gasteiger partial charge in [0.05, 0.1) is 10.7 Å². The molecule has 0 saturated heterocycles. The molecule has 0 unspecified atom stereocenters. The summed E-state index contributed by atoms with van der Waals surface area (Å²) >= 11 is 5.85. The largest absolute Gasteiger partial charge is 0.435 e. The van der Waals surface area contributed by atoms with Crippen LogP contribution in [0.3, 0.4) is 0 Å². The molecule has 0 atom stereocenters. The monoisotopic (exact) mass is 223 g/mol. The van der Waals surface area contributed by atoms with Crippen molar-refractivity contribution in [3.05, 3.63) is 35.0 Å². The van der Waals surface area contributed by atoms with Crippen LogP contribution < -0.4 is 10.5 Å². The van der Waals surface area contributed by atoms with Crippen LogP contribution in [0, 0.1) is 6.92 Å². The lowest BCUT2D eigenvalue weighted by atomic mass is 10.3. The standard InChI is InChI=1S/C10H10ClN3O/c1-6-5-9(14-13-6)15-8-4-2-3-7(11)10(8)12/h2-5H,12H2,1H3,(H,13,14). The summed E-state index contributed by atoms with van der Waals surface area (Å²) in [6.45, 7) is 1.89. The molecule has 0 aliphatic carbocycles. The summed E-state index contributed by atoms with van der Waals surface area (Å²) in [4.78, 5) is 0. The van der Waals surface area contributed by atoms with Gasteiger partial charge in [-0.15, -0.1) is 5.10 Å². The second-order valence-corrected chi connectivity index (χ2v) is 3.55. The van der Waals surface area contributed by atoms with E-state index in [1.165, 1.54) is 0 Å². The van der Waals surface area contributed by atoms with Crippen LogP contribution in [-0.4, -0.2) is 10.2 Å². The van der Waals surface area contributed by atoms with Gasteiger partial charge in [-0.05, 0) is 19.1 Å². The number of nitrogens with two attached hydrogens (primary N) is 1. The van der Waals surface area contributed by atoms with Crippen LogP contribution in [0.2, 0.25) is 5.02 Å². The number of aryl methyl sites for hydroxylation is 1. The third-order valence-electron chi connectivity index (χ3n) is 1.91. The number of hydrogen-bond donors (Lipinski definition) is 2. The summed E-state index contributed by atoms with van der Waals surface area (Å²) in [6, 6.07) is 7.00. The first-order chi connectivity index (χ1) is 7.16. The van der Waals surface area contributed by atoms with Gasteiger partial charge in [-0.2, -0.15) is 0 Å². The molecule has 0 fully saturated rings. The number of H-pyrrole nitrogens is 1. The van der Waals surface area contributed by atoms with E-state index in [9.17, 15) is 0 Å². The van der Waals surface area contributed by atoms with Crippen LogP contribution in [0.25, 0.3) is 0 Å². The molecular weight excluding hydrogens is 214 g/mol. The van der Waals surface area contributed by atoms with E-state index in [4.69, 9.17) is 22.1 Å². The fourth-order valence-electron chi connectivity index (χ4n) is 1.16. The van der Waals surface area contributed by atoms with Gasteiger partial charge in [-0.1, -0.05) is 17.7 Å². The molecule has 0 bridgehead atoms. The van der Waals surface area contributed by atoms with Gasteiger partial charge in [0.2, 0.25) is 5.88 Å². The lowest BCUT2D eigenvalue weighted by Crippen LogP contribution is -1.92. The Labute approximate surface area is 92.0 Å². The van der Waals surface area contributed by atoms with Gasteiger partial charge in [0.25, 0.3) is 0 Å². The van der Waals surface area contributed by atoms with E-state index < -0.39 is 0 Å². The van der Waals surface area contributed by atoms with Gasteiger partial charge >= 0.3 is 0 Å². The van der Waals surface area contributed by atoms with E-state index in [0.717, 1.165) is 5.69 Å². The van der Waals surface area contributed by atoms with E-state index in [1.807, 2.05) is 6.92 Å². The van der Waals surface area contributed by atoms with E-state index in [-0.39, 0.29) is 0 Å². The third kappa shape index (κ3) is 2.05. The quantitative estimate of drug-likeness (QED) is 0.770. The maximum atomic E-state index is 5.85. The van der Waals surface area contributed by atoms with Crippen molar-refractivity contribution < 1.29 is 4.74 Å². The summed E-state index contributed by atoms with van der Waals surface area (Å²) < 4.78 is 5.46. The summed E-state index contributed by atoms with van der Waals surface area (Å²) in [5, 5.41) is 7.18. The Kier molecular flexibility index (Phi) is 2.51. The van der Waals surface area contributed by atoms with Gasteiger partial charge < -0.3 is 10.5 Å². The van der Waals surface area contributed by atoms with Gasteiger partial charge in [-0.3, -0.25) is 5.10 Å². The first-order valence-corrected chi connectivity index (χ1v) is 4.78.